The van der Waals surface area contributed by atoms with Gasteiger partial charge in [-0.25, -0.2) is 0 Å². The minimum Gasteiger partial charge on any atom is -0.344 e. The number of hydrogen-bond donors (Lipinski definition) is 1. The fourth-order valence-electron chi connectivity index (χ4n) is 3.06. The Kier molecular flexibility index (Phi) is 5.26. The van der Waals surface area contributed by atoms with Gasteiger partial charge in [0.25, 0.3) is 0 Å². The Bertz CT molecular complexity index is 646. The van der Waals surface area contributed by atoms with Gasteiger partial charge in [-0.05, 0) is 24.0 Å². The number of nitrogens with one attached hydrogen (secondary N) is 1. The van der Waals surface area contributed by atoms with Gasteiger partial charge in [-0.15, -0.1) is 0 Å². The zero-order chi connectivity index (χ0) is 16.8. The Morgan fingerprint density at radius 1 is 0.958 bits per heavy atom. The number of benzene rings is 2. The van der Waals surface area contributed by atoms with E-state index in [0.29, 0.717) is 13.0 Å². The van der Waals surface area contributed by atoms with E-state index in [-0.39, 0.29) is 24.4 Å². The molecule has 4 nitrogen and oxygen atoms in total. The van der Waals surface area contributed by atoms with Gasteiger partial charge in [-0.2, -0.15) is 0 Å². The molecular formula is C20H22N2O2. The van der Waals surface area contributed by atoms with Gasteiger partial charge >= 0.3 is 0 Å². The molecule has 1 N–H and O–H groups in total. The van der Waals surface area contributed by atoms with Crippen molar-refractivity contribution >= 4 is 11.8 Å². The summed E-state index contributed by atoms with van der Waals surface area (Å²) in [5.41, 5.74) is 2.06. The van der Waals surface area contributed by atoms with Gasteiger partial charge in [-0.3, -0.25) is 9.59 Å². The summed E-state index contributed by atoms with van der Waals surface area (Å²) in [6.07, 6.45) is 2.45. The predicted molar refractivity (Wildman–Crippen MR) is 93.3 cm³/mol. The number of carbonyl (C=O) groups is 2. The largest absolute Gasteiger partial charge is 0.344 e. The van der Waals surface area contributed by atoms with Crippen LogP contribution in [0.3, 0.4) is 0 Å². The number of likely N-dealkylation sites (tertiary alicyclic amines) is 1. The standard InChI is InChI=1S/C20H22N2O2/c23-18(15-22-14-8-7-13-19(22)24)21-20(16-9-3-1-4-10-16)17-11-5-2-6-12-17/h1-6,9-12,20H,7-8,13-15H2,(H,21,23). The van der Waals surface area contributed by atoms with E-state index in [9.17, 15) is 9.59 Å². The van der Waals surface area contributed by atoms with E-state index >= 15 is 0 Å². The predicted octanol–water partition coefficient (Wildman–Crippen LogP) is 2.90. The molecule has 2 aromatic carbocycles. The molecule has 24 heavy (non-hydrogen) atoms. The molecule has 3 rings (SSSR count). The van der Waals surface area contributed by atoms with Gasteiger partial charge in [-0.1, -0.05) is 60.7 Å². The number of hydrogen-bond acceptors (Lipinski definition) is 2. The molecule has 0 radical (unpaired) electrons. The van der Waals surface area contributed by atoms with Gasteiger partial charge in [0.2, 0.25) is 11.8 Å². The molecule has 0 bridgehead atoms. The molecule has 124 valence electrons. The number of carbonyl (C=O) groups excluding carboxylic acids is 2. The highest BCUT2D eigenvalue weighted by Gasteiger charge is 2.22. The van der Waals surface area contributed by atoms with Gasteiger partial charge in [0.15, 0.2) is 0 Å². The third-order valence-electron chi connectivity index (χ3n) is 4.33. The van der Waals surface area contributed by atoms with Gasteiger partial charge in [0.05, 0.1) is 12.6 Å². The van der Waals surface area contributed by atoms with Crippen molar-refractivity contribution in [1.82, 2.24) is 10.2 Å². The fraction of sp³-hybridized carbons (Fsp3) is 0.300. The van der Waals surface area contributed by atoms with Crippen LogP contribution in [-0.2, 0) is 9.59 Å². The van der Waals surface area contributed by atoms with E-state index in [4.69, 9.17) is 0 Å². The van der Waals surface area contributed by atoms with Crippen LogP contribution in [0.2, 0.25) is 0 Å². The normalized spacial score (nSPS) is 14.7. The van der Waals surface area contributed by atoms with Crippen LogP contribution in [0.1, 0.15) is 36.4 Å². The quantitative estimate of drug-likeness (QED) is 0.920. The zero-order valence-corrected chi connectivity index (χ0v) is 13.7. The van der Waals surface area contributed by atoms with Crippen molar-refractivity contribution < 1.29 is 9.59 Å². The van der Waals surface area contributed by atoms with Crippen LogP contribution < -0.4 is 5.32 Å². The second-order valence-corrected chi connectivity index (χ2v) is 6.09. The maximum Gasteiger partial charge on any atom is 0.240 e. The maximum absolute atomic E-state index is 12.5. The maximum atomic E-state index is 12.5. The Hall–Kier alpha value is -2.62. The molecule has 0 saturated carbocycles. The van der Waals surface area contributed by atoms with Crippen LogP contribution in [0.25, 0.3) is 0 Å². The van der Waals surface area contributed by atoms with E-state index in [1.165, 1.54) is 0 Å². The molecule has 1 heterocycles. The first-order valence-electron chi connectivity index (χ1n) is 8.41. The third-order valence-corrected chi connectivity index (χ3v) is 4.33. The van der Waals surface area contributed by atoms with Gasteiger partial charge in [0.1, 0.15) is 0 Å². The Balaban J connectivity index is 1.74. The molecule has 1 saturated heterocycles. The van der Waals surface area contributed by atoms with Crippen LogP contribution in [0.5, 0.6) is 0 Å². The molecular weight excluding hydrogens is 300 g/mol. The first-order valence-corrected chi connectivity index (χ1v) is 8.41. The minimum atomic E-state index is -0.209. The number of piperidine rings is 1. The second-order valence-electron chi connectivity index (χ2n) is 6.09. The van der Waals surface area contributed by atoms with Crippen LogP contribution in [0, 0.1) is 0 Å². The highest BCUT2D eigenvalue weighted by atomic mass is 16.2. The summed E-state index contributed by atoms with van der Waals surface area (Å²) in [4.78, 5) is 26.1. The Morgan fingerprint density at radius 3 is 2.08 bits per heavy atom. The monoisotopic (exact) mass is 322 g/mol. The first kappa shape index (κ1) is 16.2. The van der Waals surface area contributed by atoms with E-state index in [1.54, 1.807) is 4.90 Å². The van der Waals surface area contributed by atoms with Crippen LogP contribution in [0.15, 0.2) is 60.7 Å². The van der Waals surface area contributed by atoms with Crippen LogP contribution in [0.4, 0.5) is 0 Å². The molecule has 4 heteroatoms. The van der Waals surface area contributed by atoms with Gasteiger partial charge < -0.3 is 10.2 Å². The fourth-order valence-corrected chi connectivity index (χ4v) is 3.06. The number of amides is 2. The Labute approximate surface area is 142 Å². The molecule has 0 aliphatic carbocycles. The summed E-state index contributed by atoms with van der Waals surface area (Å²) >= 11 is 0. The zero-order valence-electron chi connectivity index (χ0n) is 13.7. The summed E-state index contributed by atoms with van der Waals surface area (Å²) in [7, 11) is 0. The van der Waals surface area contributed by atoms with Crippen molar-refractivity contribution in [2.45, 2.75) is 25.3 Å². The molecule has 1 aliphatic heterocycles. The average molecular weight is 322 g/mol. The highest BCUT2D eigenvalue weighted by molar-refractivity contribution is 5.85. The lowest BCUT2D eigenvalue weighted by Gasteiger charge is -2.27. The van der Waals surface area contributed by atoms with Crippen molar-refractivity contribution in [3.05, 3.63) is 71.8 Å². The van der Waals surface area contributed by atoms with E-state index in [0.717, 1.165) is 24.0 Å². The van der Waals surface area contributed by atoms with Crippen LogP contribution >= 0.6 is 0 Å². The van der Waals surface area contributed by atoms with Crippen molar-refractivity contribution in [3.63, 3.8) is 0 Å². The van der Waals surface area contributed by atoms with Crippen molar-refractivity contribution in [1.29, 1.82) is 0 Å². The van der Waals surface area contributed by atoms with E-state index in [1.807, 2.05) is 60.7 Å². The topological polar surface area (TPSA) is 49.4 Å². The third kappa shape index (κ3) is 4.02. The molecule has 1 aliphatic rings. The molecule has 2 aromatic rings. The summed E-state index contributed by atoms with van der Waals surface area (Å²) in [5, 5.41) is 3.08. The number of nitrogens with zero attached hydrogens (tertiary/aromatic N) is 1. The minimum absolute atomic E-state index is 0.0763. The summed E-state index contributed by atoms with van der Waals surface area (Å²) in [6, 6.07) is 19.6. The van der Waals surface area contributed by atoms with Crippen molar-refractivity contribution in [2.24, 2.45) is 0 Å². The van der Waals surface area contributed by atoms with Crippen molar-refractivity contribution in [3.8, 4) is 0 Å². The van der Waals surface area contributed by atoms with E-state index < -0.39 is 0 Å². The van der Waals surface area contributed by atoms with Crippen molar-refractivity contribution in [2.75, 3.05) is 13.1 Å². The lowest BCUT2D eigenvalue weighted by Crippen LogP contribution is -2.44. The SMILES string of the molecule is O=C(CN1CCCCC1=O)NC(c1ccccc1)c1ccccc1. The van der Waals surface area contributed by atoms with Crippen LogP contribution in [-0.4, -0.2) is 29.8 Å². The number of rotatable bonds is 5. The molecule has 0 atom stereocenters. The highest BCUT2D eigenvalue weighted by Crippen LogP contribution is 2.21. The summed E-state index contributed by atoms with van der Waals surface area (Å²) in [5.74, 6) is -0.0460. The molecule has 2 amide bonds. The molecule has 0 aromatic heterocycles. The van der Waals surface area contributed by atoms with E-state index in [2.05, 4.69) is 5.32 Å². The Morgan fingerprint density at radius 2 is 1.54 bits per heavy atom. The summed E-state index contributed by atoms with van der Waals surface area (Å²) < 4.78 is 0. The molecule has 0 spiro atoms. The smallest absolute Gasteiger partial charge is 0.240 e. The lowest BCUT2D eigenvalue weighted by molar-refractivity contribution is -0.137. The lowest BCUT2D eigenvalue weighted by atomic mass is 9.98. The summed E-state index contributed by atoms with van der Waals surface area (Å²) in [6.45, 7) is 0.808. The average Bonchev–Trinajstić information content (AvgIpc) is 2.63. The first-order chi connectivity index (χ1) is 11.7. The molecule has 0 unspecified atom stereocenters. The molecule has 1 fully saturated rings. The second kappa shape index (κ2) is 7.77. The van der Waals surface area contributed by atoms with Gasteiger partial charge in [0, 0.05) is 13.0 Å².